The van der Waals surface area contributed by atoms with Crippen LogP contribution in [0.2, 0.25) is 0 Å². The second-order valence-corrected chi connectivity index (χ2v) is 5.34. The third-order valence-electron chi connectivity index (χ3n) is 3.49. The summed E-state index contributed by atoms with van der Waals surface area (Å²) in [6.07, 6.45) is 0. The molecule has 0 spiro atoms. The van der Waals surface area contributed by atoms with Gasteiger partial charge in [0, 0.05) is 38.8 Å². The van der Waals surface area contributed by atoms with Crippen molar-refractivity contribution in [3.8, 4) is 17.6 Å². The Kier molecular flexibility index (Phi) is 6.31. The van der Waals surface area contributed by atoms with Gasteiger partial charge in [-0.15, -0.1) is 11.6 Å². The number of hydrogen-bond donors (Lipinski definition) is 0. The Morgan fingerprint density at radius 1 is 1.29 bits per heavy atom. The molecule has 0 aliphatic carbocycles. The molecule has 3 nitrogen and oxygen atoms in total. The number of likely N-dealkylation sites (N-methyl/N-ethyl adjacent to an activating group) is 1. The van der Waals surface area contributed by atoms with E-state index in [4.69, 9.17) is 16.3 Å². The van der Waals surface area contributed by atoms with Crippen molar-refractivity contribution >= 4 is 11.6 Å². The molecule has 2 rings (SSSR count). The van der Waals surface area contributed by atoms with Crippen molar-refractivity contribution in [1.82, 2.24) is 9.80 Å². The molecule has 1 aromatic rings. The molecule has 0 bridgehead atoms. The van der Waals surface area contributed by atoms with E-state index in [0.29, 0.717) is 17.9 Å². The Morgan fingerprint density at radius 2 is 2.05 bits per heavy atom. The lowest BCUT2D eigenvalue weighted by Gasteiger charge is -2.32. The number of ether oxygens (including phenoxy) is 1. The SMILES string of the molecule is CN1CCN(CCOc2cc(F)ccc2C#CCCl)CC1. The molecule has 114 valence electrons. The van der Waals surface area contributed by atoms with E-state index >= 15 is 0 Å². The number of hydrogen-bond acceptors (Lipinski definition) is 3. The van der Waals surface area contributed by atoms with Crippen LogP contribution in [-0.4, -0.2) is 62.1 Å². The minimum atomic E-state index is -0.318. The van der Waals surface area contributed by atoms with Crippen LogP contribution in [0.25, 0.3) is 0 Å². The summed E-state index contributed by atoms with van der Waals surface area (Å²) in [6, 6.07) is 4.38. The Hall–Kier alpha value is -1.28. The van der Waals surface area contributed by atoms with Crippen molar-refractivity contribution in [3.63, 3.8) is 0 Å². The molecule has 1 aromatic carbocycles. The fourth-order valence-corrected chi connectivity index (χ4v) is 2.27. The van der Waals surface area contributed by atoms with Crippen LogP contribution in [0.4, 0.5) is 4.39 Å². The first kappa shape index (κ1) is 16.1. The van der Waals surface area contributed by atoms with Gasteiger partial charge in [0.15, 0.2) is 0 Å². The lowest BCUT2D eigenvalue weighted by atomic mass is 10.2. The fourth-order valence-electron chi connectivity index (χ4n) is 2.20. The van der Waals surface area contributed by atoms with Crippen LogP contribution in [0, 0.1) is 17.7 Å². The Morgan fingerprint density at radius 3 is 2.76 bits per heavy atom. The van der Waals surface area contributed by atoms with Crippen LogP contribution in [0.3, 0.4) is 0 Å². The van der Waals surface area contributed by atoms with Crippen molar-refractivity contribution in [2.45, 2.75) is 0 Å². The van der Waals surface area contributed by atoms with Crippen LogP contribution in [-0.2, 0) is 0 Å². The van der Waals surface area contributed by atoms with Crippen molar-refractivity contribution in [2.24, 2.45) is 0 Å². The van der Waals surface area contributed by atoms with Crippen LogP contribution >= 0.6 is 11.6 Å². The van der Waals surface area contributed by atoms with E-state index in [1.165, 1.54) is 12.1 Å². The maximum atomic E-state index is 13.3. The average molecular weight is 311 g/mol. The number of piperazine rings is 1. The highest BCUT2D eigenvalue weighted by Crippen LogP contribution is 2.19. The van der Waals surface area contributed by atoms with Gasteiger partial charge in [-0.25, -0.2) is 4.39 Å². The molecule has 0 atom stereocenters. The van der Waals surface area contributed by atoms with Crippen molar-refractivity contribution in [3.05, 3.63) is 29.6 Å². The molecular weight excluding hydrogens is 291 g/mol. The summed E-state index contributed by atoms with van der Waals surface area (Å²) in [4.78, 5) is 4.66. The molecular formula is C16H20ClFN2O. The third kappa shape index (κ3) is 5.20. The van der Waals surface area contributed by atoms with Crippen molar-refractivity contribution in [2.75, 3.05) is 52.3 Å². The molecule has 1 aliphatic rings. The highest BCUT2D eigenvalue weighted by Gasteiger charge is 2.13. The quantitative estimate of drug-likeness (QED) is 0.625. The lowest BCUT2D eigenvalue weighted by molar-refractivity contribution is 0.133. The zero-order valence-electron chi connectivity index (χ0n) is 12.2. The standard InChI is InChI=1S/C16H20ClFN2O/c1-19-7-9-20(10-8-19)11-12-21-16-13-15(18)5-4-14(16)3-2-6-17/h4-5,13H,6-12H2,1H3. The molecule has 0 saturated carbocycles. The van der Waals surface area contributed by atoms with Gasteiger partial charge in [0.05, 0.1) is 11.4 Å². The lowest BCUT2D eigenvalue weighted by Crippen LogP contribution is -2.45. The number of benzene rings is 1. The second kappa shape index (κ2) is 8.23. The molecule has 5 heteroatoms. The largest absolute Gasteiger partial charge is 0.491 e. The molecule has 0 unspecified atom stereocenters. The first-order valence-corrected chi connectivity index (χ1v) is 7.60. The molecule has 0 aromatic heterocycles. The van der Waals surface area contributed by atoms with E-state index in [9.17, 15) is 4.39 Å². The van der Waals surface area contributed by atoms with E-state index in [2.05, 4.69) is 28.7 Å². The van der Waals surface area contributed by atoms with E-state index in [0.717, 1.165) is 32.7 Å². The normalized spacial score (nSPS) is 16.3. The molecule has 0 radical (unpaired) electrons. The minimum Gasteiger partial charge on any atom is -0.491 e. The van der Waals surface area contributed by atoms with Gasteiger partial charge in [-0.2, -0.15) is 0 Å². The minimum absolute atomic E-state index is 0.248. The molecule has 1 aliphatic heterocycles. The summed E-state index contributed by atoms with van der Waals surface area (Å²) in [7, 11) is 2.13. The average Bonchev–Trinajstić information content (AvgIpc) is 2.48. The summed E-state index contributed by atoms with van der Waals surface area (Å²) in [6.45, 7) is 5.61. The first-order valence-electron chi connectivity index (χ1n) is 7.07. The van der Waals surface area contributed by atoms with E-state index < -0.39 is 0 Å². The molecule has 21 heavy (non-hydrogen) atoms. The van der Waals surface area contributed by atoms with Gasteiger partial charge in [-0.3, -0.25) is 4.90 Å². The van der Waals surface area contributed by atoms with E-state index in [1.54, 1.807) is 6.07 Å². The van der Waals surface area contributed by atoms with Gasteiger partial charge in [-0.05, 0) is 19.2 Å². The predicted octanol–water partition coefficient (Wildman–Crippen LogP) is 2.04. The fraction of sp³-hybridized carbons (Fsp3) is 0.500. The monoisotopic (exact) mass is 310 g/mol. The van der Waals surface area contributed by atoms with Crippen LogP contribution in [0.1, 0.15) is 5.56 Å². The smallest absolute Gasteiger partial charge is 0.137 e. The van der Waals surface area contributed by atoms with E-state index in [-0.39, 0.29) is 11.7 Å². The molecule has 0 amide bonds. The topological polar surface area (TPSA) is 15.7 Å². The molecule has 1 fully saturated rings. The highest BCUT2D eigenvalue weighted by atomic mass is 35.5. The van der Waals surface area contributed by atoms with Crippen molar-refractivity contribution in [1.29, 1.82) is 0 Å². The number of halogens is 2. The number of nitrogens with zero attached hydrogens (tertiary/aromatic N) is 2. The maximum absolute atomic E-state index is 13.3. The van der Waals surface area contributed by atoms with Crippen molar-refractivity contribution < 1.29 is 9.13 Å². The molecule has 1 saturated heterocycles. The maximum Gasteiger partial charge on any atom is 0.137 e. The summed E-state index contributed by atoms with van der Waals surface area (Å²) in [5, 5.41) is 0. The summed E-state index contributed by atoms with van der Waals surface area (Å²) >= 11 is 5.55. The zero-order valence-corrected chi connectivity index (χ0v) is 13.0. The van der Waals surface area contributed by atoms with Gasteiger partial charge in [0.1, 0.15) is 18.2 Å². The summed E-state index contributed by atoms with van der Waals surface area (Å²) < 4.78 is 19.0. The van der Waals surface area contributed by atoms with Crippen LogP contribution in [0.5, 0.6) is 5.75 Å². The number of rotatable bonds is 4. The Balaban J connectivity index is 1.88. The van der Waals surface area contributed by atoms with Gasteiger partial charge in [0.2, 0.25) is 0 Å². The van der Waals surface area contributed by atoms with Gasteiger partial charge in [0.25, 0.3) is 0 Å². The predicted molar refractivity (Wildman–Crippen MR) is 83.4 cm³/mol. The van der Waals surface area contributed by atoms with E-state index in [1.807, 2.05) is 0 Å². The Labute approximate surface area is 130 Å². The second-order valence-electron chi connectivity index (χ2n) is 5.07. The summed E-state index contributed by atoms with van der Waals surface area (Å²) in [5.74, 6) is 6.07. The zero-order chi connectivity index (χ0) is 15.1. The molecule has 0 N–H and O–H groups in total. The van der Waals surface area contributed by atoms with Crippen LogP contribution in [0.15, 0.2) is 18.2 Å². The number of alkyl halides is 1. The first-order chi connectivity index (χ1) is 10.2. The molecule has 1 heterocycles. The Bertz CT molecular complexity index is 519. The third-order valence-corrected chi connectivity index (χ3v) is 3.63. The summed E-state index contributed by atoms with van der Waals surface area (Å²) in [5.41, 5.74) is 0.676. The van der Waals surface area contributed by atoms with Gasteiger partial charge in [-0.1, -0.05) is 11.8 Å². The van der Waals surface area contributed by atoms with Gasteiger partial charge < -0.3 is 9.64 Å². The highest BCUT2D eigenvalue weighted by molar-refractivity contribution is 6.19. The van der Waals surface area contributed by atoms with Gasteiger partial charge >= 0.3 is 0 Å². The van der Waals surface area contributed by atoms with Crippen LogP contribution < -0.4 is 4.74 Å².